The van der Waals surface area contributed by atoms with Crippen LogP contribution in [0.2, 0.25) is 0 Å². The lowest BCUT2D eigenvalue weighted by molar-refractivity contribution is -0.124. The SMILES string of the molecule is Cn1c(=O)c2c(ncn2CCN2CCNC(=O)C2)n(C)c1=O. The van der Waals surface area contributed by atoms with Crippen molar-refractivity contribution in [2.75, 3.05) is 26.2 Å². The first kappa shape index (κ1) is 14.5. The van der Waals surface area contributed by atoms with Crippen molar-refractivity contribution in [3.05, 3.63) is 27.2 Å². The minimum Gasteiger partial charge on any atom is -0.354 e. The number of carbonyl (C=O) groups is 1. The van der Waals surface area contributed by atoms with E-state index in [9.17, 15) is 14.4 Å². The normalized spacial score (nSPS) is 16.2. The summed E-state index contributed by atoms with van der Waals surface area (Å²) in [7, 11) is 3.05. The quantitative estimate of drug-likeness (QED) is 0.699. The van der Waals surface area contributed by atoms with Gasteiger partial charge in [-0.25, -0.2) is 9.78 Å². The summed E-state index contributed by atoms with van der Waals surface area (Å²) in [6.45, 7) is 2.97. The lowest BCUT2D eigenvalue weighted by Gasteiger charge is -2.26. The van der Waals surface area contributed by atoms with Gasteiger partial charge in [0.05, 0.1) is 12.9 Å². The Hall–Kier alpha value is -2.42. The van der Waals surface area contributed by atoms with Crippen molar-refractivity contribution in [1.82, 2.24) is 28.9 Å². The molecule has 2 aromatic rings. The summed E-state index contributed by atoms with van der Waals surface area (Å²) >= 11 is 0. The Balaban J connectivity index is 1.90. The van der Waals surface area contributed by atoms with Crippen molar-refractivity contribution in [2.24, 2.45) is 14.1 Å². The van der Waals surface area contributed by atoms with Crippen LogP contribution < -0.4 is 16.6 Å². The van der Waals surface area contributed by atoms with Crippen LogP contribution in [0.25, 0.3) is 11.2 Å². The van der Waals surface area contributed by atoms with E-state index in [1.807, 2.05) is 4.90 Å². The fourth-order valence-electron chi connectivity index (χ4n) is 2.70. The number of hydrogen-bond donors (Lipinski definition) is 1. The molecule has 1 saturated heterocycles. The molecule has 0 bridgehead atoms. The number of aromatic nitrogens is 4. The molecule has 0 aromatic carbocycles. The summed E-state index contributed by atoms with van der Waals surface area (Å²) < 4.78 is 4.18. The molecule has 22 heavy (non-hydrogen) atoms. The van der Waals surface area contributed by atoms with E-state index in [2.05, 4.69) is 10.3 Å². The maximum absolute atomic E-state index is 12.3. The number of carbonyl (C=O) groups excluding carboxylic acids is 1. The molecule has 1 N–H and O–H groups in total. The van der Waals surface area contributed by atoms with Gasteiger partial charge in [0.2, 0.25) is 5.91 Å². The van der Waals surface area contributed by atoms with Crippen LogP contribution in [-0.2, 0) is 25.4 Å². The lowest BCUT2D eigenvalue weighted by atomic mass is 10.3. The second kappa shape index (κ2) is 5.41. The Morgan fingerprint density at radius 1 is 1.18 bits per heavy atom. The molecule has 0 radical (unpaired) electrons. The van der Waals surface area contributed by atoms with Crippen LogP contribution in [-0.4, -0.2) is 55.7 Å². The Kier molecular flexibility index (Phi) is 3.57. The molecular weight excluding hydrogens is 288 g/mol. The van der Waals surface area contributed by atoms with Gasteiger partial charge in [-0.15, -0.1) is 0 Å². The highest BCUT2D eigenvalue weighted by atomic mass is 16.2. The van der Waals surface area contributed by atoms with Crippen LogP contribution in [0, 0.1) is 0 Å². The average molecular weight is 306 g/mol. The largest absolute Gasteiger partial charge is 0.354 e. The molecule has 2 aromatic heterocycles. The zero-order chi connectivity index (χ0) is 15.9. The smallest absolute Gasteiger partial charge is 0.332 e. The van der Waals surface area contributed by atoms with E-state index in [-0.39, 0.29) is 11.5 Å². The number of nitrogens with zero attached hydrogens (tertiary/aromatic N) is 5. The zero-order valence-corrected chi connectivity index (χ0v) is 12.6. The number of imidazole rings is 1. The highest BCUT2D eigenvalue weighted by Gasteiger charge is 2.18. The van der Waals surface area contributed by atoms with Crippen molar-refractivity contribution in [3.8, 4) is 0 Å². The first-order chi connectivity index (χ1) is 10.5. The van der Waals surface area contributed by atoms with Gasteiger partial charge in [0.1, 0.15) is 0 Å². The van der Waals surface area contributed by atoms with E-state index >= 15 is 0 Å². The molecule has 1 aliphatic heterocycles. The Morgan fingerprint density at radius 3 is 2.68 bits per heavy atom. The van der Waals surface area contributed by atoms with Crippen LogP contribution in [0.3, 0.4) is 0 Å². The standard InChI is InChI=1S/C13H18N6O3/c1-16-11-10(12(21)17(2)13(16)22)19(8-15-11)6-5-18-4-3-14-9(20)7-18/h8H,3-7H2,1-2H3,(H,14,20). The number of rotatable bonds is 3. The number of hydrogen-bond acceptors (Lipinski definition) is 5. The molecule has 0 unspecified atom stereocenters. The molecule has 118 valence electrons. The zero-order valence-electron chi connectivity index (χ0n) is 12.6. The summed E-state index contributed by atoms with van der Waals surface area (Å²) in [5, 5.41) is 2.77. The Bertz CT molecular complexity index is 846. The highest BCUT2D eigenvalue weighted by molar-refractivity contribution is 5.78. The number of aryl methyl sites for hydroxylation is 1. The summed E-state index contributed by atoms with van der Waals surface area (Å²) in [6, 6.07) is 0. The molecule has 0 atom stereocenters. The Labute approximate surface area is 125 Å². The van der Waals surface area contributed by atoms with Crippen LogP contribution in [0.5, 0.6) is 0 Å². The molecule has 0 saturated carbocycles. The second-order valence-electron chi connectivity index (χ2n) is 5.44. The predicted octanol–water partition coefficient (Wildman–Crippen LogP) is -2.13. The number of amides is 1. The van der Waals surface area contributed by atoms with Crippen LogP contribution >= 0.6 is 0 Å². The molecule has 1 fully saturated rings. The number of nitrogens with one attached hydrogen (secondary N) is 1. The van der Waals surface area contributed by atoms with Crippen molar-refractivity contribution in [1.29, 1.82) is 0 Å². The molecule has 3 heterocycles. The number of fused-ring (bicyclic) bond motifs is 1. The molecule has 3 rings (SSSR count). The van der Waals surface area contributed by atoms with E-state index < -0.39 is 5.69 Å². The minimum atomic E-state index is -0.393. The molecule has 0 spiro atoms. The van der Waals surface area contributed by atoms with Crippen LogP contribution in [0.1, 0.15) is 0 Å². The average Bonchev–Trinajstić information content (AvgIpc) is 2.93. The van der Waals surface area contributed by atoms with Crippen LogP contribution in [0.15, 0.2) is 15.9 Å². The molecule has 1 amide bonds. The van der Waals surface area contributed by atoms with E-state index in [1.165, 1.54) is 11.6 Å². The van der Waals surface area contributed by atoms with Gasteiger partial charge < -0.3 is 9.88 Å². The van der Waals surface area contributed by atoms with E-state index in [0.29, 0.717) is 37.3 Å². The van der Waals surface area contributed by atoms with E-state index in [1.54, 1.807) is 17.9 Å². The third-order valence-electron chi connectivity index (χ3n) is 3.99. The van der Waals surface area contributed by atoms with Gasteiger partial charge in [0.15, 0.2) is 11.2 Å². The maximum Gasteiger partial charge on any atom is 0.332 e. The predicted molar refractivity (Wildman–Crippen MR) is 79.7 cm³/mol. The summed E-state index contributed by atoms with van der Waals surface area (Å²) in [5.41, 5.74) is 0.0398. The molecule has 9 nitrogen and oxygen atoms in total. The third kappa shape index (κ3) is 2.33. The molecule has 0 aliphatic carbocycles. The Morgan fingerprint density at radius 2 is 1.95 bits per heavy atom. The van der Waals surface area contributed by atoms with Gasteiger partial charge in [-0.2, -0.15) is 0 Å². The highest BCUT2D eigenvalue weighted by Crippen LogP contribution is 2.06. The monoisotopic (exact) mass is 306 g/mol. The molecule has 1 aliphatic rings. The van der Waals surface area contributed by atoms with Crippen molar-refractivity contribution >= 4 is 17.1 Å². The van der Waals surface area contributed by atoms with Gasteiger partial charge in [-0.05, 0) is 0 Å². The minimum absolute atomic E-state index is 0.0139. The first-order valence-electron chi connectivity index (χ1n) is 7.09. The third-order valence-corrected chi connectivity index (χ3v) is 3.99. The topological polar surface area (TPSA) is 94.2 Å². The van der Waals surface area contributed by atoms with E-state index in [0.717, 1.165) is 11.1 Å². The first-order valence-corrected chi connectivity index (χ1v) is 7.09. The van der Waals surface area contributed by atoms with Crippen molar-refractivity contribution in [3.63, 3.8) is 0 Å². The second-order valence-corrected chi connectivity index (χ2v) is 5.44. The van der Waals surface area contributed by atoms with Gasteiger partial charge in [0, 0.05) is 40.3 Å². The fraction of sp³-hybridized carbons (Fsp3) is 0.538. The van der Waals surface area contributed by atoms with Gasteiger partial charge in [0.25, 0.3) is 5.56 Å². The fourth-order valence-corrected chi connectivity index (χ4v) is 2.70. The van der Waals surface area contributed by atoms with Gasteiger partial charge in [-0.3, -0.25) is 23.6 Å². The molecular formula is C13H18N6O3. The van der Waals surface area contributed by atoms with E-state index in [4.69, 9.17) is 0 Å². The molecule has 9 heteroatoms. The van der Waals surface area contributed by atoms with Crippen molar-refractivity contribution in [2.45, 2.75) is 6.54 Å². The maximum atomic E-state index is 12.3. The van der Waals surface area contributed by atoms with Gasteiger partial charge in [-0.1, -0.05) is 0 Å². The summed E-state index contributed by atoms with van der Waals surface area (Å²) in [5.74, 6) is 0.0139. The number of piperazine rings is 1. The van der Waals surface area contributed by atoms with Crippen LogP contribution in [0.4, 0.5) is 0 Å². The van der Waals surface area contributed by atoms with Gasteiger partial charge >= 0.3 is 5.69 Å². The lowest BCUT2D eigenvalue weighted by Crippen LogP contribution is -2.48. The summed E-state index contributed by atoms with van der Waals surface area (Å²) in [4.78, 5) is 41.7. The van der Waals surface area contributed by atoms with Crippen molar-refractivity contribution < 1.29 is 4.79 Å². The summed E-state index contributed by atoms with van der Waals surface area (Å²) in [6.07, 6.45) is 1.57.